The molecule has 0 aliphatic carbocycles. The molecule has 0 saturated carbocycles. The Labute approximate surface area is 96.4 Å². The number of methoxy groups -OCH3 is 1. The number of aliphatic hydroxyl groups excluding tert-OH is 1. The first-order chi connectivity index (χ1) is 7.72. The number of aliphatic hydroxyl groups is 1. The minimum absolute atomic E-state index is 0.0133. The van der Waals surface area contributed by atoms with Crippen LogP contribution in [0.3, 0.4) is 0 Å². The Hall–Kier alpha value is -1.10. The van der Waals surface area contributed by atoms with Gasteiger partial charge in [0.15, 0.2) is 0 Å². The van der Waals surface area contributed by atoms with Crippen LogP contribution in [0.15, 0.2) is 18.2 Å². The average Bonchev–Trinajstić information content (AvgIpc) is 2.34. The van der Waals surface area contributed by atoms with Crippen LogP contribution in [0.5, 0.6) is 5.75 Å². The molecule has 0 aromatic heterocycles. The quantitative estimate of drug-likeness (QED) is 0.668. The first-order valence-corrected chi connectivity index (χ1v) is 5.44. The number of ether oxygens (including phenoxy) is 1. The largest absolute Gasteiger partial charge is 0.496 e. The Bertz CT molecular complexity index is 329. The minimum atomic E-state index is -0.0133. The van der Waals surface area contributed by atoms with Gasteiger partial charge in [-0.1, -0.05) is 6.07 Å². The van der Waals surface area contributed by atoms with Gasteiger partial charge in [0.1, 0.15) is 5.75 Å². The van der Waals surface area contributed by atoms with E-state index in [1.807, 2.05) is 18.2 Å². The molecule has 4 heteroatoms. The van der Waals surface area contributed by atoms with Crippen LogP contribution in [-0.4, -0.2) is 25.3 Å². The predicted molar refractivity (Wildman–Crippen MR) is 64.4 cm³/mol. The molecule has 4 N–H and O–H groups in total. The van der Waals surface area contributed by atoms with Gasteiger partial charge in [0.05, 0.1) is 13.7 Å². The number of benzene rings is 1. The molecule has 0 saturated heterocycles. The van der Waals surface area contributed by atoms with Crippen LogP contribution in [0.1, 0.15) is 24.1 Å². The van der Waals surface area contributed by atoms with E-state index in [0.29, 0.717) is 6.54 Å². The van der Waals surface area contributed by atoms with Crippen molar-refractivity contribution in [3.63, 3.8) is 0 Å². The van der Waals surface area contributed by atoms with Crippen molar-refractivity contribution in [2.45, 2.75) is 19.6 Å². The van der Waals surface area contributed by atoms with Crippen molar-refractivity contribution in [2.24, 2.45) is 5.73 Å². The van der Waals surface area contributed by atoms with E-state index in [9.17, 15) is 5.11 Å². The Morgan fingerprint density at radius 2 is 2.25 bits per heavy atom. The fourth-order valence-corrected chi connectivity index (χ4v) is 1.61. The maximum absolute atomic E-state index is 9.21. The zero-order valence-corrected chi connectivity index (χ0v) is 9.86. The van der Waals surface area contributed by atoms with Gasteiger partial charge in [-0.15, -0.1) is 0 Å². The van der Waals surface area contributed by atoms with Gasteiger partial charge in [0.25, 0.3) is 0 Å². The van der Waals surface area contributed by atoms with Crippen LogP contribution in [0.4, 0.5) is 0 Å². The van der Waals surface area contributed by atoms with Crippen LogP contribution in [-0.2, 0) is 6.61 Å². The molecular formula is C12H20N2O2. The van der Waals surface area contributed by atoms with E-state index >= 15 is 0 Å². The van der Waals surface area contributed by atoms with E-state index in [1.54, 1.807) is 7.11 Å². The fraction of sp³-hybridized carbons (Fsp3) is 0.500. The van der Waals surface area contributed by atoms with Crippen molar-refractivity contribution in [3.05, 3.63) is 29.3 Å². The number of rotatable bonds is 6. The van der Waals surface area contributed by atoms with E-state index in [1.165, 1.54) is 0 Å². The Morgan fingerprint density at radius 3 is 2.81 bits per heavy atom. The summed E-state index contributed by atoms with van der Waals surface area (Å²) in [5.74, 6) is 0.720. The summed E-state index contributed by atoms with van der Waals surface area (Å²) >= 11 is 0. The van der Waals surface area contributed by atoms with Crippen molar-refractivity contribution in [3.8, 4) is 5.75 Å². The molecule has 1 atom stereocenters. The normalized spacial score (nSPS) is 12.5. The highest BCUT2D eigenvalue weighted by atomic mass is 16.5. The highest BCUT2D eigenvalue weighted by Gasteiger charge is 2.08. The molecule has 0 aliphatic rings. The lowest BCUT2D eigenvalue weighted by molar-refractivity contribution is 0.273. The molecule has 90 valence electrons. The number of nitrogens with one attached hydrogen (secondary N) is 1. The first-order valence-electron chi connectivity index (χ1n) is 5.44. The van der Waals surface area contributed by atoms with Crippen molar-refractivity contribution < 1.29 is 9.84 Å². The Kier molecular flexibility index (Phi) is 5.25. The van der Waals surface area contributed by atoms with Crippen LogP contribution >= 0.6 is 0 Å². The third-order valence-corrected chi connectivity index (χ3v) is 2.57. The summed E-state index contributed by atoms with van der Waals surface area (Å²) in [4.78, 5) is 0. The smallest absolute Gasteiger partial charge is 0.124 e. The zero-order chi connectivity index (χ0) is 12.0. The van der Waals surface area contributed by atoms with Gasteiger partial charge in [0.2, 0.25) is 0 Å². The molecule has 0 aliphatic heterocycles. The van der Waals surface area contributed by atoms with E-state index in [0.717, 1.165) is 23.4 Å². The van der Waals surface area contributed by atoms with Crippen LogP contribution in [0.2, 0.25) is 0 Å². The maximum atomic E-state index is 9.21. The second kappa shape index (κ2) is 6.48. The lowest BCUT2D eigenvalue weighted by atomic mass is 10.0. The Balaban J connectivity index is 2.81. The molecule has 1 aromatic carbocycles. The second-order valence-electron chi connectivity index (χ2n) is 3.69. The van der Waals surface area contributed by atoms with E-state index in [2.05, 4.69) is 12.2 Å². The minimum Gasteiger partial charge on any atom is -0.496 e. The summed E-state index contributed by atoms with van der Waals surface area (Å²) < 4.78 is 5.15. The van der Waals surface area contributed by atoms with Gasteiger partial charge in [-0.05, 0) is 24.6 Å². The lowest BCUT2D eigenvalue weighted by Gasteiger charge is -2.15. The molecule has 0 heterocycles. The van der Waals surface area contributed by atoms with E-state index in [4.69, 9.17) is 10.5 Å². The molecule has 1 aromatic rings. The topological polar surface area (TPSA) is 67.5 Å². The van der Waals surface area contributed by atoms with Crippen molar-refractivity contribution in [2.75, 3.05) is 20.2 Å². The van der Waals surface area contributed by atoms with Gasteiger partial charge in [-0.3, -0.25) is 0 Å². The van der Waals surface area contributed by atoms with Gasteiger partial charge in [-0.25, -0.2) is 0 Å². The van der Waals surface area contributed by atoms with Crippen molar-refractivity contribution in [1.82, 2.24) is 5.32 Å². The molecule has 4 nitrogen and oxygen atoms in total. The Morgan fingerprint density at radius 1 is 1.50 bits per heavy atom. The standard InChI is InChI=1S/C12H20N2O2/c1-9(14-6-5-13)10-3-4-12(16-2)11(7-10)8-15/h3-4,7,9,14-15H,5-6,8,13H2,1-2H3. The van der Waals surface area contributed by atoms with Crippen LogP contribution in [0.25, 0.3) is 0 Å². The summed E-state index contributed by atoms with van der Waals surface area (Å²) in [7, 11) is 1.60. The molecule has 1 unspecified atom stereocenters. The molecule has 0 amide bonds. The highest BCUT2D eigenvalue weighted by molar-refractivity contribution is 5.37. The average molecular weight is 224 g/mol. The summed E-state index contributed by atoms with van der Waals surface area (Å²) in [6.07, 6.45) is 0. The van der Waals surface area contributed by atoms with Crippen molar-refractivity contribution in [1.29, 1.82) is 0 Å². The molecule has 0 spiro atoms. The molecule has 1 rings (SSSR count). The van der Waals surface area contributed by atoms with Gasteiger partial charge in [0, 0.05) is 24.7 Å². The third kappa shape index (κ3) is 3.20. The van der Waals surface area contributed by atoms with Gasteiger partial charge >= 0.3 is 0 Å². The number of hydrogen-bond donors (Lipinski definition) is 3. The highest BCUT2D eigenvalue weighted by Crippen LogP contribution is 2.23. The van der Waals surface area contributed by atoms with E-state index < -0.39 is 0 Å². The van der Waals surface area contributed by atoms with Crippen LogP contribution < -0.4 is 15.8 Å². The lowest BCUT2D eigenvalue weighted by Crippen LogP contribution is -2.25. The summed E-state index contributed by atoms with van der Waals surface area (Å²) in [5, 5.41) is 12.5. The SMILES string of the molecule is COc1ccc(C(C)NCCN)cc1CO. The number of nitrogens with two attached hydrogens (primary N) is 1. The molecular weight excluding hydrogens is 204 g/mol. The second-order valence-corrected chi connectivity index (χ2v) is 3.69. The summed E-state index contributed by atoms with van der Waals surface area (Å²) in [5.41, 5.74) is 7.36. The monoisotopic (exact) mass is 224 g/mol. The fourth-order valence-electron chi connectivity index (χ4n) is 1.61. The summed E-state index contributed by atoms with van der Waals surface area (Å²) in [6, 6.07) is 6.04. The van der Waals surface area contributed by atoms with Crippen molar-refractivity contribution >= 4 is 0 Å². The molecule has 0 bridgehead atoms. The molecule has 16 heavy (non-hydrogen) atoms. The van der Waals surface area contributed by atoms with E-state index in [-0.39, 0.29) is 12.6 Å². The van der Waals surface area contributed by atoms with Gasteiger partial charge in [-0.2, -0.15) is 0 Å². The first kappa shape index (κ1) is 13.0. The predicted octanol–water partition coefficient (Wildman–Crippen LogP) is 0.797. The maximum Gasteiger partial charge on any atom is 0.124 e. The molecule has 0 fully saturated rings. The van der Waals surface area contributed by atoms with Crippen LogP contribution in [0, 0.1) is 0 Å². The third-order valence-electron chi connectivity index (χ3n) is 2.57. The van der Waals surface area contributed by atoms with Gasteiger partial charge < -0.3 is 20.9 Å². The number of hydrogen-bond acceptors (Lipinski definition) is 4. The zero-order valence-electron chi connectivity index (χ0n) is 9.86. The molecule has 0 radical (unpaired) electrons. The summed E-state index contributed by atoms with van der Waals surface area (Å²) in [6.45, 7) is 3.45.